The second-order valence-corrected chi connectivity index (χ2v) is 11.5. The predicted molar refractivity (Wildman–Crippen MR) is 146 cm³/mol. The molecule has 3 heteroatoms. The molecule has 1 amide bonds. The normalized spacial score (nSPS) is 11.6. The van der Waals surface area contributed by atoms with Crippen molar-refractivity contribution < 1.29 is 4.79 Å². The second-order valence-electron chi connectivity index (χ2n) is 10.4. The Morgan fingerprint density at radius 2 is 1.09 bits per heavy atom. The Bertz CT molecular complexity index is 576. The van der Waals surface area contributed by atoms with E-state index in [2.05, 4.69) is 45.1 Å². The molecule has 1 aromatic rings. The highest BCUT2D eigenvalue weighted by Crippen LogP contribution is 2.24. The quantitative estimate of drug-likeness (QED) is 0.220. The molecule has 0 aliphatic carbocycles. The van der Waals surface area contributed by atoms with Crippen LogP contribution in [-0.2, 0) is 5.41 Å². The molecule has 0 fully saturated rings. The summed E-state index contributed by atoms with van der Waals surface area (Å²) < 4.78 is 0. The SMILES string of the molecule is CCCCCCCCCCCCCCCCCCSC(=O)Nc1ccc(C(C)(C)C)cc1. The van der Waals surface area contributed by atoms with Crippen molar-refractivity contribution in [2.75, 3.05) is 11.1 Å². The van der Waals surface area contributed by atoms with Gasteiger partial charge in [0.15, 0.2) is 0 Å². The number of carbonyl (C=O) groups is 1. The van der Waals surface area contributed by atoms with E-state index < -0.39 is 0 Å². The first-order valence-corrected chi connectivity index (χ1v) is 14.5. The summed E-state index contributed by atoms with van der Waals surface area (Å²) in [6, 6.07) is 8.23. The van der Waals surface area contributed by atoms with E-state index in [1.807, 2.05) is 12.1 Å². The van der Waals surface area contributed by atoms with E-state index in [1.54, 1.807) is 0 Å². The van der Waals surface area contributed by atoms with E-state index in [0.29, 0.717) is 0 Å². The highest BCUT2D eigenvalue weighted by Gasteiger charge is 2.13. The van der Waals surface area contributed by atoms with Crippen molar-refractivity contribution >= 4 is 22.7 Å². The van der Waals surface area contributed by atoms with Gasteiger partial charge in [-0.3, -0.25) is 4.79 Å². The Labute approximate surface area is 204 Å². The van der Waals surface area contributed by atoms with Crippen LogP contribution in [0.3, 0.4) is 0 Å². The van der Waals surface area contributed by atoms with Gasteiger partial charge in [-0.15, -0.1) is 0 Å². The number of rotatable bonds is 18. The third kappa shape index (κ3) is 15.8. The van der Waals surface area contributed by atoms with Gasteiger partial charge in [0, 0.05) is 11.4 Å². The maximum Gasteiger partial charge on any atom is 0.283 e. The summed E-state index contributed by atoms with van der Waals surface area (Å²) >= 11 is 1.42. The highest BCUT2D eigenvalue weighted by atomic mass is 32.2. The number of hydrogen-bond acceptors (Lipinski definition) is 2. The molecule has 2 nitrogen and oxygen atoms in total. The molecule has 0 saturated carbocycles. The molecular formula is C29H51NOS. The third-order valence-corrected chi connectivity index (χ3v) is 7.09. The van der Waals surface area contributed by atoms with Crippen LogP contribution >= 0.6 is 11.8 Å². The zero-order valence-electron chi connectivity index (χ0n) is 21.6. The lowest BCUT2D eigenvalue weighted by Crippen LogP contribution is -2.11. The fourth-order valence-electron chi connectivity index (χ4n) is 4.02. The first-order chi connectivity index (χ1) is 15.4. The fourth-order valence-corrected chi connectivity index (χ4v) is 4.75. The third-order valence-electron chi connectivity index (χ3n) is 6.23. The molecule has 0 aliphatic rings. The monoisotopic (exact) mass is 461 g/mol. The molecule has 0 saturated heterocycles. The van der Waals surface area contributed by atoms with Gasteiger partial charge in [-0.1, -0.05) is 148 Å². The minimum atomic E-state index is 0.0643. The van der Waals surface area contributed by atoms with E-state index in [4.69, 9.17) is 0 Å². The summed E-state index contributed by atoms with van der Waals surface area (Å²) in [5.41, 5.74) is 2.32. The number of carbonyl (C=O) groups excluding carboxylic acids is 1. The molecule has 0 heterocycles. The van der Waals surface area contributed by atoms with Crippen molar-refractivity contribution in [3.8, 4) is 0 Å². The maximum absolute atomic E-state index is 12.1. The van der Waals surface area contributed by atoms with Crippen molar-refractivity contribution in [3.63, 3.8) is 0 Å². The van der Waals surface area contributed by atoms with Crippen molar-refractivity contribution in [2.24, 2.45) is 0 Å². The average molecular weight is 462 g/mol. The van der Waals surface area contributed by atoms with E-state index in [1.165, 1.54) is 114 Å². The van der Waals surface area contributed by atoms with Gasteiger partial charge in [-0.05, 0) is 29.5 Å². The molecule has 0 bridgehead atoms. The van der Waals surface area contributed by atoms with Crippen molar-refractivity contribution in [1.82, 2.24) is 0 Å². The molecule has 0 atom stereocenters. The fraction of sp³-hybridized carbons (Fsp3) is 0.759. The van der Waals surface area contributed by atoms with Gasteiger partial charge in [0.2, 0.25) is 0 Å². The maximum atomic E-state index is 12.1. The summed E-state index contributed by atoms with van der Waals surface area (Å²) in [5.74, 6) is 0.921. The smallest absolute Gasteiger partial charge is 0.283 e. The van der Waals surface area contributed by atoms with Crippen LogP contribution < -0.4 is 5.32 Å². The number of anilines is 1. The average Bonchev–Trinajstić information content (AvgIpc) is 2.75. The van der Waals surface area contributed by atoms with Crippen LogP contribution in [0.2, 0.25) is 0 Å². The van der Waals surface area contributed by atoms with Gasteiger partial charge in [0.1, 0.15) is 0 Å². The highest BCUT2D eigenvalue weighted by molar-refractivity contribution is 8.13. The number of nitrogens with one attached hydrogen (secondary N) is 1. The predicted octanol–water partition coefficient (Wildman–Crippen LogP) is 10.5. The van der Waals surface area contributed by atoms with Gasteiger partial charge in [-0.25, -0.2) is 0 Å². The number of hydrogen-bond donors (Lipinski definition) is 1. The van der Waals surface area contributed by atoms with E-state index in [-0.39, 0.29) is 10.7 Å². The van der Waals surface area contributed by atoms with Crippen LogP contribution in [0.4, 0.5) is 10.5 Å². The zero-order chi connectivity index (χ0) is 23.5. The van der Waals surface area contributed by atoms with Crippen LogP contribution in [0, 0.1) is 0 Å². The summed E-state index contributed by atoms with van der Waals surface area (Å²) in [6.07, 6.45) is 22.1. The first kappa shape index (κ1) is 29.1. The van der Waals surface area contributed by atoms with E-state index in [9.17, 15) is 4.79 Å². The molecule has 184 valence electrons. The van der Waals surface area contributed by atoms with Crippen LogP contribution in [0.15, 0.2) is 24.3 Å². The van der Waals surface area contributed by atoms with Crippen LogP contribution in [0.25, 0.3) is 0 Å². The topological polar surface area (TPSA) is 29.1 Å². The molecule has 1 N–H and O–H groups in total. The van der Waals surface area contributed by atoms with Gasteiger partial charge in [0.05, 0.1) is 0 Å². The van der Waals surface area contributed by atoms with E-state index in [0.717, 1.165) is 17.9 Å². The van der Waals surface area contributed by atoms with Crippen molar-refractivity contribution in [3.05, 3.63) is 29.8 Å². The Kier molecular flexibility index (Phi) is 16.8. The van der Waals surface area contributed by atoms with Crippen LogP contribution in [0.1, 0.15) is 136 Å². The minimum absolute atomic E-state index is 0.0643. The van der Waals surface area contributed by atoms with Crippen molar-refractivity contribution in [1.29, 1.82) is 0 Å². The zero-order valence-corrected chi connectivity index (χ0v) is 22.5. The van der Waals surface area contributed by atoms with Gasteiger partial charge >= 0.3 is 0 Å². The van der Waals surface area contributed by atoms with Gasteiger partial charge in [0.25, 0.3) is 5.24 Å². The number of thioether (sulfide) groups is 1. The van der Waals surface area contributed by atoms with E-state index >= 15 is 0 Å². The Morgan fingerprint density at radius 3 is 1.50 bits per heavy atom. The molecule has 32 heavy (non-hydrogen) atoms. The lowest BCUT2D eigenvalue weighted by molar-refractivity contribution is 0.269. The first-order valence-electron chi connectivity index (χ1n) is 13.5. The molecule has 1 aromatic carbocycles. The minimum Gasteiger partial charge on any atom is -0.317 e. The van der Waals surface area contributed by atoms with Gasteiger partial charge in [-0.2, -0.15) is 0 Å². The lowest BCUT2D eigenvalue weighted by Gasteiger charge is -2.19. The molecule has 0 aromatic heterocycles. The lowest BCUT2D eigenvalue weighted by atomic mass is 9.87. The molecule has 0 unspecified atom stereocenters. The number of benzene rings is 1. The number of unbranched alkanes of at least 4 members (excludes halogenated alkanes) is 15. The summed E-state index contributed by atoms with van der Waals surface area (Å²) in [6.45, 7) is 8.90. The van der Waals surface area contributed by atoms with Crippen LogP contribution in [0.5, 0.6) is 0 Å². The summed E-state index contributed by atoms with van der Waals surface area (Å²) in [4.78, 5) is 12.1. The Balaban J connectivity index is 1.87. The Hall–Kier alpha value is -0.960. The molecule has 1 rings (SSSR count). The molecule has 0 spiro atoms. The number of amides is 1. The second kappa shape index (κ2) is 18.5. The Morgan fingerprint density at radius 1 is 0.688 bits per heavy atom. The largest absolute Gasteiger partial charge is 0.317 e. The molecule has 0 aliphatic heterocycles. The van der Waals surface area contributed by atoms with Crippen LogP contribution in [-0.4, -0.2) is 11.0 Å². The molecule has 0 radical (unpaired) electrons. The standard InChI is InChI=1S/C29H51NOS/c1-5-6-7-8-9-10-11-12-13-14-15-16-17-18-19-20-25-32-28(31)30-27-23-21-26(22-24-27)29(2,3)4/h21-24H,5-20,25H2,1-4H3,(H,30,31). The van der Waals surface area contributed by atoms with Crippen molar-refractivity contribution in [2.45, 2.75) is 136 Å². The molecular weight excluding hydrogens is 410 g/mol. The van der Waals surface area contributed by atoms with Gasteiger partial charge < -0.3 is 5.32 Å². The summed E-state index contributed by atoms with van der Waals surface area (Å²) in [7, 11) is 0. The summed E-state index contributed by atoms with van der Waals surface area (Å²) in [5, 5.41) is 3.06.